The Kier molecular flexibility index (Phi) is 3.81. The van der Waals surface area contributed by atoms with Gasteiger partial charge in [0, 0.05) is 12.0 Å². The maximum absolute atomic E-state index is 12.4. The van der Waals surface area contributed by atoms with E-state index in [1.165, 1.54) is 11.1 Å². The summed E-state index contributed by atoms with van der Waals surface area (Å²) in [5, 5.41) is 0. The lowest BCUT2D eigenvalue weighted by atomic mass is 10.00. The van der Waals surface area contributed by atoms with Crippen LogP contribution < -0.4 is 0 Å². The Bertz CT molecular complexity index is 772. The molecule has 2 aromatic rings. The molecule has 1 nitrogen and oxygen atoms in total. The number of Topliss-reactive ketones (excluding diaryl/α,β-unsaturated/α-hetero) is 1. The molecule has 0 spiro atoms. The first kappa shape index (κ1) is 14.5. The smallest absolute Gasteiger partial charge is 0.168 e. The number of carbonyl (C=O) groups is 1. The highest BCUT2D eigenvalue weighted by molar-refractivity contribution is 6.26. The second-order valence-electron chi connectivity index (χ2n) is 6.05. The number of rotatable bonds is 2. The van der Waals surface area contributed by atoms with Crippen molar-refractivity contribution in [3.05, 3.63) is 81.9 Å². The molecule has 0 heterocycles. The van der Waals surface area contributed by atoms with Gasteiger partial charge in [0.25, 0.3) is 0 Å². The highest BCUT2D eigenvalue weighted by Crippen LogP contribution is 2.36. The number of benzene rings is 2. The first-order valence-corrected chi connectivity index (χ1v) is 7.63. The van der Waals surface area contributed by atoms with Crippen molar-refractivity contribution in [1.29, 1.82) is 0 Å². The van der Waals surface area contributed by atoms with Gasteiger partial charge in [-0.25, -0.2) is 0 Å². The van der Waals surface area contributed by atoms with Crippen molar-refractivity contribution in [2.24, 2.45) is 0 Å². The second kappa shape index (κ2) is 5.76. The molecule has 1 aliphatic carbocycles. The minimum absolute atomic E-state index is 0.222. The fourth-order valence-corrected chi connectivity index (χ4v) is 2.88. The number of allylic oxidation sites excluding steroid dienone is 3. The Hall–Kier alpha value is -2.41. The van der Waals surface area contributed by atoms with E-state index in [4.69, 9.17) is 0 Å². The fraction of sp³-hybridized carbons (Fsp3) is 0.190. The summed E-state index contributed by atoms with van der Waals surface area (Å²) in [4.78, 5) is 12.4. The van der Waals surface area contributed by atoms with Crippen LogP contribution in [0.3, 0.4) is 0 Å². The Balaban J connectivity index is 2.00. The summed E-state index contributed by atoms with van der Waals surface area (Å²) in [6.07, 6.45) is 2.64. The molecule has 2 aromatic carbocycles. The van der Waals surface area contributed by atoms with Crippen LogP contribution in [0.2, 0.25) is 0 Å². The van der Waals surface area contributed by atoms with Crippen LogP contribution in [0, 0.1) is 13.8 Å². The molecule has 0 N–H and O–H groups in total. The SMILES string of the molecule is CC1=C(c2ccc(C)cc2)C(=O)C/C1=C/c1ccc(C)cc1. The molecule has 0 saturated carbocycles. The second-order valence-corrected chi connectivity index (χ2v) is 6.05. The molecule has 3 rings (SSSR count). The number of carbonyl (C=O) groups excluding carboxylic acids is 1. The monoisotopic (exact) mass is 288 g/mol. The van der Waals surface area contributed by atoms with Gasteiger partial charge in [-0.1, -0.05) is 65.7 Å². The van der Waals surface area contributed by atoms with Gasteiger partial charge >= 0.3 is 0 Å². The largest absolute Gasteiger partial charge is 0.294 e. The van der Waals surface area contributed by atoms with Gasteiger partial charge in [-0.3, -0.25) is 4.79 Å². The maximum atomic E-state index is 12.4. The van der Waals surface area contributed by atoms with E-state index in [9.17, 15) is 4.79 Å². The van der Waals surface area contributed by atoms with Crippen LogP contribution in [0.5, 0.6) is 0 Å². The average Bonchev–Trinajstić information content (AvgIpc) is 2.77. The zero-order valence-electron chi connectivity index (χ0n) is 13.3. The van der Waals surface area contributed by atoms with Crippen molar-refractivity contribution in [2.75, 3.05) is 0 Å². The molecule has 1 heteroatoms. The van der Waals surface area contributed by atoms with Crippen molar-refractivity contribution in [3.63, 3.8) is 0 Å². The molecule has 0 amide bonds. The van der Waals surface area contributed by atoms with Gasteiger partial charge in [0.1, 0.15) is 0 Å². The third-order valence-corrected chi connectivity index (χ3v) is 4.25. The third-order valence-electron chi connectivity index (χ3n) is 4.25. The molecule has 1 aliphatic rings. The molecule has 0 radical (unpaired) electrons. The van der Waals surface area contributed by atoms with Crippen molar-refractivity contribution in [1.82, 2.24) is 0 Å². The van der Waals surface area contributed by atoms with Gasteiger partial charge in [-0.05, 0) is 43.0 Å². The summed E-state index contributed by atoms with van der Waals surface area (Å²) < 4.78 is 0. The molecule has 0 atom stereocenters. The first-order chi connectivity index (χ1) is 10.5. The van der Waals surface area contributed by atoms with Crippen molar-refractivity contribution >= 4 is 17.4 Å². The maximum Gasteiger partial charge on any atom is 0.168 e. The van der Waals surface area contributed by atoms with Crippen LogP contribution in [0.1, 0.15) is 35.6 Å². The molecule has 110 valence electrons. The molecule has 0 aromatic heterocycles. The number of hydrogen-bond acceptors (Lipinski definition) is 1. The predicted octanol–water partition coefficient (Wildman–Crippen LogP) is 5.13. The number of ketones is 1. The first-order valence-electron chi connectivity index (χ1n) is 7.63. The van der Waals surface area contributed by atoms with Gasteiger partial charge in [0.15, 0.2) is 5.78 Å². The summed E-state index contributed by atoms with van der Waals surface area (Å²) in [5.74, 6) is 0.222. The highest BCUT2D eigenvalue weighted by atomic mass is 16.1. The summed E-state index contributed by atoms with van der Waals surface area (Å²) in [6, 6.07) is 16.6. The minimum atomic E-state index is 0.222. The molecular formula is C21H20O. The van der Waals surface area contributed by atoms with E-state index in [-0.39, 0.29) is 5.78 Å². The Morgan fingerprint density at radius 3 is 1.95 bits per heavy atom. The normalized spacial score (nSPS) is 16.7. The summed E-state index contributed by atoms with van der Waals surface area (Å²) >= 11 is 0. The van der Waals surface area contributed by atoms with E-state index in [0.717, 1.165) is 27.8 Å². The molecule has 22 heavy (non-hydrogen) atoms. The molecule has 0 fully saturated rings. The average molecular weight is 288 g/mol. The van der Waals surface area contributed by atoms with Gasteiger partial charge in [-0.2, -0.15) is 0 Å². The van der Waals surface area contributed by atoms with Gasteiger partial charge < -0.3 is 0 Å². The molecule has 0 unspecified atom stereocenters. The van der Waals surface area contributed by atoms with E-state index < -0.39 is 0 Å². The van der Waals surface area contributed by atoms with E-state index in [0.29, 0.717) is 6.42 Å². The number of aryl methyl sites for hydroxylation is 2. The summed E-state index contributed by atoms with van der Waals surface area (Å²) in [5.41, 5.74) is 7.75. The lowest BCUT2D eigenvalue weighted by molar-refractivity contribution is -0.112. The summed E-state index contributed by atoms with van der Waals surface area (Å²) in [6.45, 7) is 6.20. The fourth-order valence-electron chi connectivity index (χ4n) is 2.88. The molecule has 0 bridgehead atoms. The van der Waals surface area contributed by atoms with Crippen LogP contribution in [0.25, 0.3) is 11.6 Å². The van der Waals surface area contributed by atoms with Crippen molar-refractivity contribution < 1.29 is 4.79 Å². The van der Waals surface area contributed by atoms with Crippen molar-refractivity contribution in [2.45, 2.75) is 27.2 Å². The lowest BCUT2D eigenvalue weighted by Gasteiger charge is -2.04. The Morgan fingerprint density at radius 1 is 0.818 bits per heavy atom. The zero-order valence-corrected chi connectivity index (χ0v) is 13.3. The van der Waals surface area contributed by atoms with Crippen LogP contribution in [0.15, 0.2) is 59.7 Å². The highest BCUT2D eigenvalue weighted by Gasteiger charge is 2.25. The van der Waals surface area contributed by atoms with Crippen LogP contribution in [-0.2, 0) is 4.79 Å². The van der Waals surface area contributed by atoms with E-state index >= 15 is 0 Å². The molecule has 0 saturated heterocycles. The van der Waals surface area contributed by atoms with Gasteiger partial charge in [0.05, 0.1) is 0 Å². The van der Waals surface area contributed by atoms with Crippen LogP contribution in [0.4, 0.5) is 0 Å². The predicted molar refractivity (Wildman–Crippen MR) is 92.6 cm³/mol. The van der Waals surface area contributed by atoms with Gasteiger partial charge in [0.2, 0.25) is 0 Å². The van der Waals surface area contributed by atoms with Crippen LogP contribution >= 0.6 is 0 Å². The third kappa shape index (κ3) is 2.80. The quantitative estimate of drug-likeness (QED) is 0.748. The molecule has 0 aliphatic heterocycles. The molecular weight excluding hydrogens is 268 g/mol. The standard InChI is InChI=1S/C21H20O/c1-14-4-8-17(9-5-14)12-19-13-20(22)21(16(19)3)18-10-6-15(2)7-11-18/h4-12H,13H2,1-3H3/b19-12-. The van der Waals surface area contributed by atoms with Gasteiger partial charge in [-0.15, -0.1) is 0 Å². The van der Waals surface area contributed by atoms with Crippen LogP contribution in [-0.4, -0.2) is 5.78 Å². The van der Waals surface area contributed by atoms with E-state index in [1.807, 2.05) is 12.1 Å². The van der Waals surface area contributed by atoms with Crippen molar-refractivity contribution in [3.8, 4) is 0 Å². The number of hydrogen-bond donors (Lipinski definition) is 0. The minimum Gasteiger partial charge on any atom is -0.294 e. The Morgan fingerprint density at radius 2 is 1.36 bits per heavy atom. The van der Waals surface area contributed by atoms with E-state index in [1.54, 1.807) is 0 Å². The topological polar surface area (TPSA) is 17.1 Å². The summed E-state index contributed by atoms with van der Waals surface area (Å²) in [7, 11) is 0. The Labute approximate surface area is 132 Å². The zero-order chi connectivity index (χ0) is 15.7. The lowest BCUT2D eigenvalue weighted by Crippen LogP contribution is -1.95. The van der Waals surface area contributed by atoms with E-state index in [2.05, 4.69) is 63.2 Å².